The lowest BCUT2D eigenvalue weighted by Crippen LogP contribution is -2.37. The SMILES string of the molecule is CC1(C)CCCC1NCc1cnn2ccccc12. The van der Waals surface area contributed by atoms with E-state index in [2.05, 4.69) is 36.4 Å². The van der Waals surface area contributed by atoms with Gasteiger partial charge in [-0.05, 0) is 30.4 Å². The molecule has 1 aliphatic carbocycles. The van der Waals surface area contributed by atoms with E-state index in [0.29, 0.717) is 11.5 Å². The van der Waals surface area contributed by atoms with E-state index in [1.807, 2.05) is 23.0 Å². The third-order valence-electron chi connectivity index (χ3n) is 4.30. The second-order valence-corrected chi connectivity index (χ2v) is 6.01. The molecule has 0 aromatic carbocycles. The Labute approximate surface area is 108 Å². The summed E-state index contributed by atoms with van der Waals surface area (Å²) in [6.07, 6.45) is 7.95. The second-order valence-electron chi connectivity index (χ2n) is 6.01. The number of aromatic nitrogens is 2. The van der Waals surface area contributed by atoms with Gasteiger partial charge in [0.25, 0.3) is 0 Å². The molecule has 2 aromatic heterocycles. The topological polar surface area (TPSA) is 29.3 Å². The van der Waals surface area contributed by atoms with Gasteiger partial charge in [0.15, 0.2) is 0 Å². The Hall–Kier alpha value is -1.35. The van der Waals surface area contributed by atoms with Crippen LogP contribution in [0.1, 0.15) is 38.7 Å². The van der Waals surface area contributed by atoms with Crippen LogP contribution < -0.4 is 5.32 Å². The van der Waals surface area contributed by atoms with E-state index in [1.165, 1.54) is 30.3 Å². The highest BCUT2D eigenvalue weighted by Crippen LogP contribution is 2.37. The van der Waals surface area contributed by atoms with Crippen molar-refractivity contribution in [3.63, 3.8) is 0 Å². The van der Waals surface area contributed by atoms with Gasteiger partial charge in [0.2, 0.25) is 0 Å². The zero-order chi connectivity index (χ0) is 12.6. The lowest BCUT2D eigenvalue weighted by molar-refractivity contribution is 0.283. The molecule has 3 rings (SSSR count). The molecule has 1 fully saturated rings. The van der Waals surface area contributed by atoms with Crippen molar-refractivity contribution in [1.29, 1.82) is 0 Å². The number of hydrogen-bond donors (Lipinski definition) is 1. The van der Waals surface area contributed by atoms with Gasteiger partial charge in [0, 0.05) is 24.3 Å². The lowest BCUT2D eigenvalue weighted by Gasteiger charge is -2.27. The Morgan fingerprint density at radius 1 is 1.44 bits per heavy atom. The van der Waals surface area contributed by atoms with Crippen molar-refractivity contribution in [2.24, 2.45) is 5.41 Å². The molecular weight excluding hydrogens is 222 g/mol. The van der Waals surface area contributed by atoms with Crippen molar-refractivity contribution in [3.05, 3.63) is 36.2 Å². The molecule has 0 saturated heterocycles. The first-order valence-electron chi connectivity index (χ1n) is 6.81. The summed E-state index contributed by atoms with van der Waals surface area (Å²) in [4.78, 5) is 0. The number of rotatable bonds is 3. The molecule has 96 valence electrons. The van der Waals surface area contributed by atoms with E-state index in [-0.39, 0.29) is 0 Å². The molecule has 1 N–H and O–H groups in total. The van der Waals surface area contributed by atoms with Crippen molar-refractivity contribution >= 4 is 5.52 Å². The van der Waals surface area contributed by atoms with E-state index in [0.717, 1.165) is 6.54 Å². The average Bonchev–Trinajstić information content (AvgIpc) is 2.90. The van der Waals surface area contributed by atoms with Crippen LogP contribution in [0.4, 0.5) is 0 Å². The van der Waals surface area contributed by atoms with Crippen LogP contribution >= 0.6 is 0 Å². The molecule has 2 heterocycles. The molecule has 2 aromatic rings. The highest BCUT2D eigenvalue weighted by molar-refractivity contribution is 5.53. The van der Waals surface area contributed by atoms with Gasteiger partial charge >= 0.3 is 0 Å². The molecule has 0 amide bonds. The maximum absolute atomic E-state index is 4.38. The third-order valence-corrected chi connectivity index (χ3v) is 4.30. The molecule has 3 nitrogen and oxygen atoms in total. The minimum absolute atomic E-state index is 0.433. The van der Waals surface area contributed by atoms with Crippen molar-refractivity contribution in [3.8, 4) is 0 Å². The van der Waals surface area contributed by atoms with Gasteiger partial charge in [-0.25, -0.2) is 4.52 Å². The summed E-state index contributed by atoms with van der Waals surface area (Å²) in [6, 6.07) is 6.84. The van der Waals surface area contributed by atoms with Gasteiger partial charge in [0.05, 0.1) is 11.7 Å². The van der Waals surface area contributed by atoms with Crippen molar-refractivity contribution < 1.29 is 0 Å². The van der Waals surface area contributed by atoms with Gasteiger partial charge in [-0.15, -0.1) is 0 Å². The van der Waals surface area contributed by atoms with Crippen LogP contribution in [0.15, 0.2) is 30.6 Å². The Morgan fingerprint density at radius 3 is 3.11 bits per heavy atom. The Balaban J connectivity index is 1.74. The Kier molecular flexibility index (Phi) is 2.86. The standard InChI is InChI=1S/C15H21N3/c1-15(2)8-5-7-14(15)16-10-12-11-17-18-9-4-3-6-13(12)18/h3-4,6,9,11,14,16H,5,7-8,10H2,1-2H3. The normalized spacial score (nSPS) is 22.7. The molecular formula is C15H21N3. The maximum atomic E-state index is 4.38. The third kappa shape index (κ3) is 2.03. The Bertz CT molecular complexity index is 541. The van der Waals surface area contributed by atoms with Crippen molar-refractivity contribution in [2.75, 3.05) is 0 Å². The van der Waals surface area contributed by atoms with Gasteiger partial charge < -0.3 is 5.32 Å². The minimum Gasteiger partial charge on any atom is -0.309 e. The van der Waals surface area contributed by atoms with E-state index in [1.54, 1.807) is 0 Å². The first-order chi connectivity index (χ1) is 8.67. The Morgan fingerprint density at radius 2 is 2.33 bits per heavy atom. The van der Waals surface area contributed by atoms with Crippen LogP contribution in [0.25, 0.3) is 5.52 Å². The maximum Gasteiger partial charge on any atom is 0.0706 e. The molecule has 0 aliphatic heterocycles. The van der Waals surface area contributed by atoms with E-state index < -0.39 is 0 Å². The lowest BCUT2D eigenvalue weighted by atomic mass is 9.87. The average molecular weight is 243 g/mol. The minimum atomic E-state index is 0.433. The molecule has 1 unspecified atom stereocenters. The van der Waals surface area contributed by atoms with Gasteiger partial charge in [0.1, 0.15) is 0 Å². The van der Waals surface area contributed by atoms with Crippen LogP contribution in [-0.2, 0) is 6.54 Å². The van der Waals surface area contributed by atoms with Crippen LogP contribution in [0, 0.1) is 5.41 Å². The second kappa shape index (κ2) is 4.39. The summed E-state index contributed by atoms with van der Waals surface area (Å²) < 4.78 is 1.94. The van der Waals surface area contributed by atoms with Crippen molar-refractivity contribution in [1.82, 2.24) is 14.9 Å². The summed E-state index contributed by atoms with van der Waals surface area (Å²) in [6.45, 7) is 5.66. The smallest absolute Gasteiger partial charge is 0.0706 e. The number of nitrogens with one attached hydrogen (secondary N) is 1. The first kappa shape index (κ1) is 11.7. The fraction of sp³-hybridized carbons (Fsp3) is 0.533. The van der Waals surface area contributed by atoms with E-state index >= 15 is 0 Å². The van der Waals surface area contributed by atoms with Crippen LogP contribution in [-0.4, -0.2) is 15.7 Å². The predicted molar refractivity (Wildman–Crippen MR) is 73.5 cm³/mol. The summed E-state index contributed by atoms with van der Waals surface area (Å²) in [5, 5.41) is 8.09. The highest BCUT2D eigenvalue weighted by atomic mass is 15.2. The number of nitrogens with zero attached hydrogens (tertiary/aromatic N) is 2. The number of pyridine rings is 1. The van der Waals surface area contributed by atoms with Gasteiger partial charge in [-0.1, -0.05) is 26.3 Å². The summed E-state index contributed by atoms with van der Waals surface area (Å²) in [7, 11) is 0. The summed E-state index contributed by atoms with van der Waals surface area (Å²) in [5.41, 5.74) is 2.93. The van der Waals surface area contributed by atoms with Gasteiger partial charge in [-0.3, -0.25) is 0 Å². The molecule has 0 bridgehead atoms. The summed E-state index contributed by atoms with van der Waals surface area (Å²) >= 11 is 0. The molecule has 0 spiro atoms. The largest absolute Gasteiger partial charge is 0.309 e. The zero-order valence-electron chi connectivity index (χ0n) is 11.2. The van der Waals surface area contributed by atoms with E-state index in [4.69, 9.17) is 0 Å². The monoisotopic (exact) mass is 243 g/mol. The molecule has 3 heteroatoms. The predicted octanol–water partition coefficient (Wildman–Crippen LogP) is 3.00. The zero-order valence-corrected chi connectivity index (χ0v) is 11.2. The molecule has 1 aliphatic rings. The summed E-state index contributed by atoms with van der Waals surface area (Å²) in [5.74, 6) is 0. The van der Waals surface area contributed by atoms with Crippen molar-refractivity contribution in [2.45, 2.75) is 45.7 Å². The molecule has 18 heavy (non-hydrogen) atoms. The van der Waals surface area contributed by atoms with E-state index in [9.17, 15) is 0 Å². The first-order valence-corrected chi connectivity index (χ1v) is 6.81. The fourth-order valence-corrected chi connectivity index (χ4v) is 3.06. The fourth-order valence-electron chi connectivity index (χ4n) is 3.06. The van der Waals surface area contributed by atoms with Crippen LogP contribution in [0.3, 0.4) is 0 Å². The number of hydrogen-bond acceptors (Lipinski definition) is 2. The molecule has 1 saturated carbocycles. The molecule has 0 radical (unpaired) electrons. The highest BCUT2D eigenvalue weighted by Gasteiger charge is 2.33. The van der Waals surface area contributed by atoms with Crippen LogP contribution in [0.5, 0.6) is 0 Å². The molecule has 1 atom stereocenters. The quantitative estimate of drug-likeness (QED) is 0.898. The number of fused-ring (bicyclic) bond motifs is 1. The van der Waals surface area contributed by atoms with Gasteiger partial charge in [-0.2, -0.15) is 5.10 Å². The van der Waals surface area contributed by atoms with Crippen LogP contribution in [0.2, 0.25) is 0 Å².